The summed E-state index contributed by atoms with van der Waals surface area (Å²) in [7, 11) is 0. The molecule has 2 fully saturated rings. The molecule has 92 valence electrons. The summed E-state index contributed by atoms with van der Waals surface area (Å²) in [6, 6.07) is 6.68. The molecule has 0 aromatic heterocycles. The molecule has 1 spiro atoms. The van der Waals surface area contributed by atoms with Gasteiger partial charge in [0.15, 0.2) is 0 Å². The standard InChI is InChI=1S/C15H22N2/c1-12-4-3-5-14(13(12)2)17-9-7-15(11-17)6-8-16-10-15/h3-5,16H,6-11H2,1-2H3. The molecule has 1 N–H and O–H groups in total. The third-order valence-corrected chi connectivity index (χ3v) is 4.69. The van der Waals surface area contributed by atoms with Crippen molar-refractivity contribution in [1.82, 2.24) is 5.32 Å². The summed E-state index contributed by atoms with van der Waals surface area (Å²) < 4.78 is 0. The van der Waals surface area contributed by atoms with E-state index in [1.54, 1.807) is 0 Å². The predicted molar refractivity (Wildman–Crippen MR) is 72.7 cm³/mol. The Morgan fingerprint density at radius 2 is 2.12 bits per heavy atom. The molecule has 0 saturated carbocycles. The minimum Gasteiger partial charge on any atom is -0.371 e. The lowest BCUT2D eigenvalue weighted by molar-refractivity contribution is 0.369. The molecular weight excluding hydrogens is 208 g/mol. The van der Waals surface area contributed by atoms with Crippen LogP contribution in [0.5, 0.6) is 0 Å². The Bertz CT molecular complexity index is 419. The molecule has 0 amide bonds. The van der Waals surface area contributed by atoms with Crippen molar-refractivity contribution in [2.24, 2.45) is 5.41 Å². The normalized spacial score (nSPS) is 28.2. The van der Waals surface area contributed by atoms with Crippen LogP contribution in [0, 0.1) is 19.3 Å². The van der Waals surface area contributed by atoms with E-state index in [1.807, 2.05) is 0 Å². The third kappa shape index (κ3) is 1.85. The predicted octanol–water partition coefficient (Wildman–Crippen LogP) is 2.49. The molecule has 2 saturated heterocycles. The molecule has 1 aromatic rings. The zero-order valence-corrected chi connectivity index (χ0v) is 10.9. The lowest BCUT2D eigenvalue weighted by Crippen LogP contribution is -2.29. The summed E-state index contributed by atoms with van der Waals surface area (Å²) in [5.74, 6) is 0. The average Bonchev–Trinajstić information content (AvgIpc) is 2.94. The van der Waals surface area contributed by atoms with E-state index in [2.05, 4.69) is 42.3 Å². The van der Waals surface area contributed by atoms with Crippen LogP contribution in [-0.4, -0.2) is 26.2 Å². The van der Waals surface area contributed by atoms with E-state index < -0.39 is 0 Å². The third-order valence-electron chi connectivity index (χ3n) is 4.69. The SMILES string of the molecule is Cc1cccc(N2CCC3(CCNC3)C2)c1C. The second-order valence-corrected chi connectivity index (χ2v) is 5.82. The first-order valence-corrected chi connectivity index (χ1v) is 6.72. The summed E-state index contributed by atoms with van der Waals surface area (Å²) in [6.07, 6.45) is 2.71. The summed E-state index contributed by atoms with van der Waals surface area (Å²) in [6.45, 7) is 9.36. The van der Waals surface area contributed by atoms with Crippen molar-refractivity contribution < 1.29 is 0 Å². The molecular formula is C15H22N2. The lowest BCUT2D eigenvalue weighted by Gasteiger charge is -2.25. The Hall–Kier alpha value is -1.02. The van der Waals surface area contributed by atoms with Gasteiger partial charge in [-0.2, -0.15) is 0 Å². The Kier molecular flexibility index (Phi) is 2.62. The van der Waals surface area contributed by atoms with Crippen molar-refractivity contribution in [3.63, 3.8) is 0 Å². The van der Waals surface area contributed by atoms with E-state index in [1.165, 1.54) is 55.8 Å². The first-order valence-electron chi connectivity index (χ1n) is 6.72. The van der Waals surface area contributed by atoms with Gasteiger partial charge in [-0.3, -0.25) is 0 Å². The zero-order valence-electron chi connectivity index (χ0n) is 10.9. The van der Waals surface area contributed by atoms with Gasteiger partial charge in [0.1, 0.15) is 0 Å². The van der Waals surface area contributed by atoms with E-state index in [0.717, 1.165) is 0 Å². The summed E-state index contributed by atoms with van der Waals surface area (Å²) in [5.41, 5.74) is 4.88. The van der Waals surface area contributed by atoms with Crippen molar-refractivity contribution in [1.29, 1.82) is 0 Å². The highest BCUT2D eigenvalue weighted by atomic mass is 15.2. The molecule has 0 radical (unpaired) electrons. The van der Waals surface area contributed by atoms with Crippen molar-refractivity contribution >= 4 is 5.69 Å². The topological polar surface area (TPSA) is 15.3 Å². The van der Waals surface area contributed by atoms with Crippen LogP contribution in [-0.2, 0) is 0 Å². The number of hydrogen-bond acceptors (Lipinski definition) is 2. The number of aryl methyl sites for hydroxylation is 1. The molecule has 1 atom stereocenters. The van der Waals surface area contributed by atoms with Gasteiger partial charge in [0.2, 0.25) is 0 Å². The quantitative estimate of drug-likeness (QED) is 0.797. The summed E-state index contributed by atoms with van der Waals surface area (Å²) in [5, 5.41) is 3.53. The number of benzene rings is 1. The minimum atomic E-state index is 0.566. The Labute approximate surface area is 104 Å². The van der Waals surface area contributed by atoms with Crippen LogP contribution in [0.15, 0.2) is 18.2 Å². The fraction of sp³-hybridized carbons (Fsp3) is 0.600. The van der Waals surface area contributed by atoms with Crippen molar-refractivity contribution in [3.8, 4) is 0 Å². The van der Waals surface area contributed by atoms with E-state index in [9.17, 15) is 0 Å². The van der Waals surface area contributed by atoms with E-state index in [4.69, 9.17) is 0 Å². The van der Waals surface area contributed by atoms with Crippen LogP contribution >= 0.6 is 0 Å². The van der Waals surface area contributed by atoms with Gasteiger partial charge in [0, 0.05) is 30.7 Å². The highest BCUT2D eigenvalue weighted by molar-refractivity contribution is 5.57. The molecule has 3 rings (SSSR count). The van der Waals surface area contributed by atoms with E-state index in [0.29, 0.717) is 5.41 Å². The monoisotopic (exact) mass is 230 g/mol. The molecule has 17 heavy (non-hydrogen) atoms. The summed E-state index contributed by atoms with van der Waals surface area (Å²) in [4.78, 5) is 2.59. The Morgan fingerprint density at radius 3 is 2.88 bits per heavy atom. The number of rotatable bonds is 1. The maximum Gasteiger partial charge on any atom is 0.0398 e. The second kappa shape index (κ2) is 4.02. The van der Waals surface area contributed by atoms with Gasteiger partial charge in [-0.25, -0.2) is 0 Å². The highest BCUT2D eigenvalue weighted by Gasteiger charge is 2.40. The average molecular weight is 230 g/mol. The van der Waals surface area contributed by atoms with E-state index >= 15 is 0 Å². The smallest absolute Gasteiger partial charge is 0.0398 e. The fourth-order valence-electron chi connectivity index (χ4n) is 3.36. The Balaban J connectivity index is 1.84. The molecule has 2 nitrogen and oxygen atoms in total. The first kappa shape index (κ1) is 11.1. The first-order chi connectivity index (χ1) is 8.20. The Morgan fingerprint density at radius 1 is 1.24 bits per heavy atom. The second-order valence-electron chi connectivity index (χ2n) is 5.82. The molecule has 2 heterocycles. The zero-order chi connectivity index (χ0) is 11.9. The molecule has 2 aliphatic rings. The molecule has 0 aliphatic carbocycles. The number of nitrogens with zero attached hydrogens (tertiary/aromatic N) is 1. The number of hydrogen-bond donors (Lipinski definition) is 1. The van der Waals surface area contributed by atoms with Crippen molar-refractivity contribution in [2.75, 3.05) is 31.1 Å². The van der Waals surface area contributed by atoms with Gasteiger partial charge in [-0.1, -0.05) is 12.1 Å². The van der Waals surface area contributed by atoms with Crippen LogP contribution in [0.4, 0.5) is 5.69 Å². The van der Waals surface area contributed by atoms with Crippen molar-refractivity contribution in [2.45, 2.75) is 26.7 Å². The minimum absolute atomic E-state index is 0.566. The van der Waals surface area contributed by atoms with Gasteiger partial charge in [-0.05, 0) is 50.4 Å². The van der Waals surface area contributed by atoms with Gasteiger partial charge < -0.3 is 10.2 Å². The number of nitrogens with one attached hydrogen (secondary N) is 1. The van der Waals surface area contributed by atoms with Crippen LogP contribution in [0.25, 0.3) is 0 Å². The van der Waals surface area contributed by atoms with Crippen LogP contribution in [0.1, 0.15) is 24.0 Å². The molecule has 0 bridgehead atoms. The van der Waals surface area contributed by atoms with Crippen LogP contribution in [0.2, 0.25) is 0 Å². The van der Waals surface area contributed by atoms with Gasteiger partial charge in [0.25, 0.3) is 0 Å². The van der Waals surface area contributed by atoms with Crippen molar-refractivity contribution in [3.05, 3.63) is 29.3 Å². The van der Waals surface area contributed by atoms with Gasteiger partial charge >= 0.3 is 0 Å². The number of anilines is 1. The van der Waals surface area contributed by atoms with E-state index in [-0.39, 0.29) is 0 Å². The van der Waals surface area contributed by atoms with Gasteiger partial charge in [0.05, 0.1) is 0 Å². The molecule has 2 heteroatoms. The van der Waals surface area contributed by atoms with Crippen LogP contribution in [0.3, 0.4) is 0 Å². The summed E-state index contributed by atoms with van der Waals surface area (Å²) >= 11 is 0. The maximum atomic E-state index is 3.53. The molecule has 1 aromatic carbocycles. The highest BCUT2D eigenvalue weighted by Crippen LogP contribution is 2.39. The maximum absolute atomic E-state index is 3.53. The molecule has 1 unspecified atom stereocenters. The molecule has 2 aliphatic heterocycles. The largest absolute Gasteiger partial charge is 0.371 e. The lowest BCUT2D eigenvalue weighted by atomic mass is 9.86. The van der Waals surface area contributed by atoms with Crippen LogP contribution < -0.4 is 10.2 Å². The fourth-order valence-corrected chi connectivity index (χ4v) is 3.36. The van der Waals surface area contributed by atoms with Gasteiger partial charge in [-0.15, -0.1) is 0 Å².